The summed E-state index contributed by atoms with van der Waals surface area (Å²) >= 11 is 1.35. The van der Waals surface area contributed by atoms with E-state index in [2.05, 4.69) is 10.3 Å². The molecule has 0 aliphatic carbocycles. The molecular formula is C21H18N2O4S. The number of hydrogen-bond donors (Lipinski definition) is 1. The van der Waals surface area contributed by atoms with Gasteiger partial charge in [0.25, 0.3) is 5.91 Å². The van der Waals surface area contributed by atoms with Crippen LogP contribution in [0.15, 0.2) is 54.6 Å². The quantitative estimate of drug-likeness (QED) is 0.522. The molecule has 7 heteroatoms. The minimum atomic E-state index is -0.280. The standard InChI is InChI=1S/C21H18N2O4S/c1-25-14-10-17(26-2)20-18(11-14)28-21(23-20)22-19(24)12-27-16-9-5-7-13-6-3-4-8-15(13)16/h3-11H,12H2,1-2H3,(H,22,23,24). The van der Waals surface area contributed by atoms with Crippen LogP contribution >= 0.6 is 11.3 Å². The van der Waals surface area contributed by atoms with Crippen molar-refractivity contribution < 1.29 is 19.0 Å². The number of hydrogen-bond acceptors (Lipinski definition) is 6. The lowest BCUT2D eigenvalue weighted by atomic mass is 10.1. The second-order valence-electron chi connectivity index (χ2n) is 6.01. The molecular weight excluding hydrogens is 376 g/mol. The van der Waals surface area contributed by atoms with Crippen molar-refractivity contribution in [3.05, 3.63) is 54.6 Å². The highest BCUT2D eigenvalue weighted by molar-refractivity contribution is 7.22. The van der Waals surface area contributed by atoms with Crippen LogP contribution in [-0.2, 0) is 4.79 Å². The predicted octanol–water partition coefficient (Wildman–Crippen LogP) is 4.48. The number of fused-ring (bicyclic) bond motifs is 2. The topological polar surface area (TPSA) is 69.7 Å². The van der Waals surface area contributed by atoms with Crippen molar-refractivity contribution in [2.75, 3.05) is 26.1 Å². The zero-order valence-corrected chi connectivity index (χ0v) is 16.2. The molecule has 142 valence electrons. The Hall–Kier alpha value is -3.32. The van der Waals surface area contributed by atoms with Gasteiger partial charge in [-0.1, -0.05) is 47.7 Å². The van der Waals surface area contributed by atoms with Gasteiger partial charge < -0.3 is 14.2 Å². The maximum atomic E-state index is 12.4. The van der Waals surface area contributed by atoms with E-state index in [0.29, 0.717) is 27.9 Å². The van der Waals surface area contributed by atoms with Crippen LogP contribution in [0.5, 0.6) is 17.2 Å². The van der Waals surface area contributed by atoms with Gasteiger partial charge in [-0.25, -0.2) is 4.98 Å². The molecule has 0 spiro atoms. The SMILES string of the molecule is COc1cc(OC)c2nc(NC(=O)COc3cccc4ccccc34)sc2c1. The van der Waals surface area contributed by atoms with Crippen molar-refractivity contribution in [1.29, 1.82) is 0 Å². The van der Waals surface area contributed by atoms with Gasteiger partial charge in [-0.2, -0.15) is 0 Å². The minimum absolute atomic E-state index is 0.107. The summed E-state index contributed by atoms with van der Waals surface area (Å²) in [5.74, 6) is 1.66. The van der Waals surface area contributed by atoms with Crippen LogP contribution in [0.2, 0.25) is 0 Å². The van der Waals surface area contributed by atoms with Crippen molar-refractivity contribution >= 4 is 43.4 Å². The molecule has 1 amide bonds. The number of benzene rings is 3. The van der Waals surface area contributed by atoms with Crippen LogP contribution in [0.4, 0.5) is 5.13 Å². The van der Waals surface area contributed by atoms with E-state index in [1.54, 1.807) is 20.3 Å². The number of thiazole rings is 1. The minimum Gasteiger partial charge on any atom is -0.497 e. The number of aromatic nitrogens is 1. The molecule has 1 aromatic heterocycles. The van der Waals surface area contributed by atoms with Crippen LogP contribution in [0.1, 0.15) is 0 Å². The van der Waals surface area contributed by atoms with Gasteiger partial charge in [-0.15, -0.1) is 0 Å². The van der Waals surface area contributed by atoms with Crippen LogP contribution < -0.4 is 19.5 Å². The molecule has 0 saturated heterocycles. The lowest BCUT2D eigenvalue weighted by Crippen LogP contribution is -2.20. The monoisotopic (exact) mass is 394 g/mol. The highest BCUT2D eigenvalue weighted by atomic mass is 32.1. The van der Waals surface area contributed by atoms with Crippen LogP contribution in [0.25, 0.3) is 21.0 Å². The van der Waals surface area contributed by atoms with Crippen LogP contribution in [-0.4, -0.2) is 31.7 Å². The summed E-state index contributed by atoms with van der Waals surface area (Å²) in [5.41, 5.74) is 0.679. The largest absolute Gasteiger partial charge is 0.497 e. The molecule has 0 unspecified atom stereocenters. The maximum absolute atomic E-state index is 12.4. The van der Waals surface area contributed by atoms with Gasteiger partial charge in [-0.05, 0) is 17.5 Å². The number of ether oxygens (including phenoxy) is 3. The number of nitrogens with zero attached hydrogens (tertiary/aromatic N) is 1. The van der Waals surface area contributed by atoms with Crippen molar-refractivity contribution in [3.8, 4) is 17.2 Å². The summed E-state index contributed by atoms with van der Waals surface area (Å²) in [6, 6.07) is 17.3. The van der Waals surface area contributed by atoms with Crippen molar-refractivity contribution in [2.24, 2.45) is 0 Å². The van der Waals surface area contributed by atoms with Crippen molar-refractivity contribution in [1.82, 2.24) is 4.98 Å². The summed E-state index contributed by atoms with van der Waals surface area (Å²) in [7, 11) is 3.17. The molecule has 0 aliphatic rings. The smallest absolute Gasteiger partial charge is 0.264 e. The Labute approximate surface area is 165 Å². The van der Waals surface area contributed by atoms with E-state index in [1.807, 2.05) is 48.5 Å². The first-order valence-corrected chi connectivity index (χ1v) is 9.42. The molecule has 3 aromatic carbocycles. The molecule has 28 heavy (non-hydrogen) atoms. The van der Waals surface area contributed by atoms with Gasteiger partial charge in [0, 0.05) is 11.5 Å². The molecule has 1 N–H and O–H groups in total. The van der Waals surface area contributed by atoms with Gasteiger partial charge in [0.05, 0.1) is 18.9 Å². The lowest BCUT2D eigenvalue weighted by Gasteiger charge is -2.08. The van der Waals surface area contributed by atoms with Gasteiger partial charge in [0.15, 0.2) is 11.7 Å². The Morgan fingerprint density at radius 1 is 1.04 bits per heavy atom. The number of rotatable bonds is 6. The predicted molar refractivity (Wildman–Crippen MR) is 111 cm³/mol. The Morgan fingerprint density at radius 3 is 2.68 bits per heavy atom. The number of carbonyl (C=O) groups excluding carboxylic acids is 1. The number of carbonyl (C=O) groups is 1. The normalized spacial score (nSPS) is 10.8. The van der Waals surface area contributed by atoms with Crippen LogP contribution in [0, 0.1) is 0 Å². The van der Waals surface area contributed by atoms with Crippen molar-refractivity contribution in [3.63, 3.8) is 0 Å². The molecule has 0 bridgehead atoms. The Balaban J connectivity index is 1.49. The summed E-state index contributed by atoms with van der Waals surface area (Å²) in [4.78, 5) is 16.8. The molecule has 0 radical (unpaired) electrons. The van der Waals surface area contributed by atoms with Gasteiger partial charge in [0.1, 0.15) is 22.8 Å². The number of nitrogens with one attached hydrogen (secondary N) is 1. The lowest BCUT2D eigenvalue weighted by molar-refractivity contribution is -0.118. The van der Waals surface area contributed by atoms with Crippen LogP contribution in [0.3, 0.4) is 0 Å². The second kappa shape index (κ2) is 7.74. The average Bonchev–Trinajstić information content (AvgIpc) is 3.13. The summed E-state index contributed by atoms with van der Waals surface area (Å²) < 4.78 is 17.2. The molecule has 0 atom stereocenters. The Kier molecular flexibility index (Phi) is 4.99. The molecule has 0 saturated carbocycles. The zero-order valence-electron chi connectivity index (χ0n) is 15.4. The van der Waals surface area contributed by atoms with E-state index >= 15 is 0 Å². The van der Waals surface area contributed by atoms with Crippen molar-refractivity contribution in [2.45, 2.75) is 0 Å². The fraction of sp³-hybridized carbons (Fsp3) is 0.143. The first-order chi connectivity index (χ1) is 13.7. The molecule has 4 aromatic rings. The Bertz CT molecular complexity index is 1150. The Morgan fingerprint density at radius 2 is 1.86 bits per heavy atom. The number of amides is 1. The number of methoxy groups -OCH3 is 2. The third-order valence-electron chi connectivity index (χ3n) is 4.24. The molecule has 4 rings (SSSR count). The van der Waals surface area contributed by atoms with E-state index in [1.165, 1.54) is 11.3 Å². The molecule has 0 aliphatic heterocycles. The van der Waals surface area contributed by atoms with E-state index in [-0.39, 0.29) is 12.5 Å². The average molecular weight is 394 g/mol. The third kappa shape index (κ3) is 3.57. The first kappa shape index (κ1) is 18.1. The fourth-order valence-corrected chi connectivity index (χ4v) is 3.85. The summed E-state index contributed by atoms with van der Waals surface area (Å²) in [6.07, 6.45) is 0. The summed E-state index contributed by atoms with van der Waals surface area (Å²) in [6.45, 7) is -0.107. The van der Waals surface area contributed by atoms with E-state index in [9.17, 15) is 4.79 Å². The van der Waals surface area contributed by atoms with Gasteiger partial charge >= 0.3 is 0 Å². The first-order valence-electron chi connectivity index (χ1n) is 8.61. The zero-order chi connectivity index (χ0) is 19.5. The highest BCUT2D eigenvalue weighted by Crippen LogP contribution is 2.36. The van der Waals surface area contributed by atoms with E-state index < -0.39 is 0 Å². The maximum Gasteiger partial charge on any atom is 0.264 e. The fourth-order valence-electron chi connectivity index (χ4n) is 2.92. The van der Waals surface area contributed by atoms with E-state index in [4.69, 9.17) is 14.2 Å². The van der Waals surface area contributed by atoms with Gasteiger partial charge in [0.2, 0.25) is 0 Å². The summed E-state index contributed by atoms with van der Waals surface area (Å²) in [5, 5.41) is 5.30. The molecule has 0 fully saturated rings. The number of anilines is 1. The third-order valence-corrected chi connectivity index (χ3v) is 5.16. The van der Waals surface area contributed by atoms with E-state index in [0.717, 1.165) is 15.5 Å². The highest BCUT2D eigenvalue weighted by Gasteiger charge is 2.14. The van der Waals surface area contributed by atoms with Gasteiger partial charge in [-0.3, -0.25) is 10.1 Å². The molecule has 6 nitrogen and oxygen atoms in total. The second-order valence-corrected chi connectivity index (χ2v) is 7.04. The molecule has 1 heterocycles.